The number of ether oxygens (including phenoxy) is 1. The zero-order valence-electron chi connectivity index (χ0n) is 8.31. The first-order valence-corrected chi connectivity index (χ1v) is 4.54. The van der Waals surface area contributed by atoms with Crippen LogP contribution >= 0.6 is 0 Å². The molecule has 3 nitrogen and oxygen atoms in total. The van der Waals surface area contributed by atoms with Crippen molar-refractivity contribution in [1.29, 1.82) is 0 Å². The Kier molecular flexibility index (Phi) is 2.78. The van der Waals surface area contributed by atoms with Crippen molar-refractivity contribution in [2.24, 2.45) is 0 Å². The monoisotopic (exact) mass is 201 g/mol. The van der Waals surface area contributed by atoms with Crippen LogP contribution in [0.5, 0.6) is 11.5 Å². The zero-order chi connectivity index (χ0) is 10.7. The van der Waals surface area contributed by atoms with Crippen molar-refractivity contribution in [2.45, 2.75) is 0 Å². The fraction of sp³-hybridized carbons (Fsp3) is 0.0909. The number of rotatable bonds is 3. The molecule has 0 fully saturated rings. The van der Waals surface area contributed by atoms with Gasteiger partial charge in [0.05, 0.1) is 7.11 Å². The van der Waals surface area contributed by atoms with Crippen molar-refractivity contribution in [3.05, 3.63) is 36.4 Å². The van der Waals surface area contributed by atoms with E-state index in [0.29, 0.717) is 19.2 Å². The summed E-state index contributed by atoms with van der Waals surface area (Å²) in [5.74, 6) is 1.10. The Labute approximate surface area is 88.6 Å². The molecule has 1 radical (unpaired) electrons. The molecule has 0 heterocycles. The summed E-state index contributed by atoms with van der Waals surface area (Å²) in [6, 6.07) is 11.6. The summed E-state index contributed by atoms with van der Waals surface area (Å²) in [6.07, 6.45) is 0. The maximum absolute atomic E-state index is 8.61. The van der Waals surface area contributed by atoms with E-state index in [9.17, 15) is 0 Å². The van der Waals surface area contributed by atoms with Gasteiger partial charge in [-0.2, -0.15) is 0 Å². The van der Waals surface area contributed by atoms with Crippen LogP contribution in [0.15, 0.2) is 36.4 Å². The molecular formula is C11H10BO3. The van der Waals surface area contributed by atoms with Gasteiger partial charge in [-0.05, 0) is 22.9 Å². The van der Waals surface area contributed by atoms with E-state index in [1.807, 2.05) is 36.4 Å². The Morgan fingerprint density at radius 1 is 1.07 bits per heavy atom. The van der Waals surface area contributed by atoms with Gasteiger partial charge in [0.15, 0.2) is 5.75 Å². The third-order valence-corrected chi connectivity index (χ3v) is 2.21. The maximum Gasteiger partial charge on any atom is 0.569 e. The predicted molar refractivity (Wildman–Crippen MR) is 59.1 cm³/mol. The van der Waals surface area contributed by atoms with Gasteiger partial charge >= 0.3 is 7.69 Å². The van der Waals surface area contributed by atoms with Crippen LogP contribution in [-0.4, -0.2) is 19.8 Å². The zero-order valence-corrected chi connectivity index (χ0v) is 8.31. The molecule has 4 heteroatoms. The Hall–Kier alpha value is -1.68. The first-order valence-electron chi connectivity index (χ1n) is 4.54. The van der Waals surface area contributed by atoms with Crippen LogP contribution in [0.1, 0.15) is 0 Å². The maximum atomic E-state index is 8.61. The second-order valence-electron chi connectivity index (χ2n) is 3.07. The van der Waals surface area contributed by atoms with Crippen LogP contribution in [0, 0.1) is 0 Å². The molecule has 0 spiro atoms. The third kappa shape index (κ3) is 1.90. The first-order chi connectivity index (χ1) is 7.35. The van der Waals surface area contributed by atoms with E-state index in [0.717, 1.165) is 10.8 Å². The molecule has 0 aromatic heterocycles. The summed E-state index contributed by atoms with van der Waals surface area (Å²) in [5, 5.41) is 10.7. The predicted octanol–water partition coefficient (Wildman–Crippen LogP) is 1.75. The van der Waals surface area contributed by atoms with Crippen LogP contribution in [0.2, 0.25) is 0 Å². The normalized spacial score (nSPS) is 10.0. The highest BCUT2D eigenvalue weighted by atomic mass is 16.5. The average molecular weight is 201 g/mol. The lowest BCUT2D eigenvalue weighted by Gasteiger charge is -2.09. The molecule has 0 unspecified atom stereocenters. The topological polar surface area (TPSA) is 38.7 Å². The van der Waals surface area contributed by atoms with E-state index < -0.39 is 0 Å². The molecular weight excluding hydrogens is 191 g/mol. The first kappa shape index (κ1) is 9.86. The summed E-state index contributed by atoms with van der Waals surface area (Å²) in [6.45, 7) is 0. The minimum atomic E-state index is 0.499. The van der Waals surface area contributed by atoms with Crippen LogP contribution in [0.4, 0.5) is 0 Å². The van der Waals surface area contributed by atoms with Crippen molar-refractivity contribution in [3.8, 4) is 11.5 Å². The van der Waals surface area contributed by atoms with Gasteiger partial charge < -0.3 is 14.4 Å². The second-order valence-corrected chi connectivity index (χ2v) is 3.07. The highest BCUT2D eigenvalue weighted by Gasteiger charge is 2.06. The van der Waals surface area contributed by atoms with Crippen molar-refractivity contribution >= 4 is 18.5 Å². The van der Waals surface area contributed by atoms with E-state index in [-0.39, 0.29) is 0 Å². The standard InChI is InChI=1S/C11H10BO3/c1-14-10-6-8-4-2-3-5-9(8)7-11(10)15-12-13/h2-7,13H,1H3. The molecule has 2 aromatic rings. The van der Waals surface area contributed by atoms with Gasteiger partial charge in [0.2, 0.25) is 0 Å². The molecule has 2 rings (SSSR count). The van der Waals surface area contributed by atoms with Gasteiger partial charge in [-0.1, -0.05) is 24.3 Å². The van der Waals surface area contributed by atoms with Crippen molar-refractivity contribution in [1.82, 2.24) is 0 Å². The van der Waals surface area contributed by atoms with Crippen LogP contribution in [-0.2, 0) is 0 Å². The minimum Gasteiger partial charge on any atom is -0.535 e. The van der Waals surface area contributed by atoms with Crippen LogP contribution in [0.25, 0.3) is 10.8 Å². The third-order valence-electron chi connectivity index (χ3n) is 2.21. The van der Waals surface area contributed by atoms with Gasteiger partial charge in [-0.15, -0.1) is 0 Å². The van der Waals surface area contributed by atoms with Gasteiger partial charge in [-0.3, -0.25) is 0 Å². The van der Waals surface area contributed by atoms with Crippen molar-refractivity contribution in [2.75, 3.05) is 7.11 Å². The van der Waals surface area contributed by atoms with E-state index >= 15 is 0 Å². The van der Waals surface area contributed by atoms with Gasteiger partial charge in [-0.25, -0.2) is 0 Å². The molecule has 0 saturated carbocycles. The fourth-order valence-corrected chi connectivity index (χ4v) is 1.51. The molecule has 0 aliphatic rings. The largest absolute Gasteiger partial charge is 0.569 e. The fourth-order valence-electron chi connectivity index (χ4n) is 1.51. The lowest BCUT2D eigenvalue weighted by molar-refractivity contribution is 0.382. The molecule has 0 amide bonds. The minimum absolute atomic E-state index is 0.499. The average Bonchev–Trinajstić information content (AvgIpc) is 2.28. The smallest absolute Gasteiger partial charge is 0.535 e. The summed E-state index contributed by atoms with van der Waals surface area (Å²) >= 11 is 0. The lowest BCUT2D eigenvalue weighted by atomic mass is 10.1. The molecule has 15 heavy (non-hydrogen) atoms. The highest BCUT2D eigenvalue weighted by Crippen LogP contribution is 2.31. The van der Waals surface area contributed by atoms with Gasteiger partial charge in [0, 0.05) is 0 Å². The molecule has 0 atom stereocenters. The van der Waals surface area contributed by atoms with E-state index in [4.69, 9.17) is 14.4 Å². The summed E-state index contributed by atoms with van der Waals surface area (Å²) in [7, 11) is 2.21. The second kappa shape index (κ2) is 4.23. The van der Waals surface area contributed by atoms with E-state index in [1.54, 1.807) is 7.11 Å². The quantitative estimate of drug-likeness (QED) is 0.768. The summed E-state index contributed by atoms with van der Waals surface area (Å²) in [4.78, 5) is 0. The summed E-state index contributed by atoms with van der Waals surface area (Å²) < 4.78 is 10.1. The van der Waals surface area contributed by atoms with Crippen LogP contribution < -0.4 is 9.39 Å². The number of hydrogen-bond acceptors (Lipinski definition) is 3. The number of methoxy groups -OCH3 is 1. The molecule has 0 aliphatic carbocycles. The van der Waals surface area contributed by atoms with Crippen LogP contribution in [0.3, 0.4) is 0 Å². The Morgan fingerprint density at radius 3 is 2.20 bits per heavy atom. The molecule has 0 bridgehead atoms. The molecule has 2 aromatic carbocycles. The summed E-state index contributed by atoms with van der Waals surface area (Å²) in [5.41, 5.74) is 0. The van der Waals surface area contributed by atoms with Gasteiger partial charge in [0.25, 0.3) is 0 Å². The Bertz CT molecular complexity index is 470. The molecule has 0 aliphatic heterocycles. The lowest BCUT2D eigenvalue weighted by Crippen LogP contribution is -2.01. The SMILES string of the molecule is COc1cc2ccccc2cc1O[B]O. The number of benzene rings is 2. The van der Waals surface area contributed by atoms with Crippen molar-refractivity contribution in [3.63, 3.8) is 0 Å². The number of fused-ring (bicyclic) bond motifs is 1. The van der Waals surface area contributed by atoms with Crippen molar-refractivity contribution < 1.29 is 14.4 Å². The van der Waals surface area contributed by atoms with E-state index in [2.05, 4.69) is 0 Å². The van der Waals surface area contributed by atoms with Gasteiger partial charge in [0.1, 0.15) is 5.75 Å². The molecule has 1 N–H and O–H groups in total. The Morgan fingerprint density at radius 2 is 1.67 bits per heavy atom. The Balaban J connectivity index is 2.58. The molecule has 0 saturated heterocycles. The van der Waals surface area contributed by atoms with E-state index in [1.165, 1.54) is 0 Å². The number of hydrogen-bond donors (Lipinski definition) is 1. The highest BCUT2D eigenvalue weighted by molar-refractivity contribution is 6.17. The molecule has 75 valence electrons.